The zero-order valence-corrected chi connectivity index (χ0v) is 15.8. The topological polar surface area (TPSA) is 73.6 Å². The van der Waals surface area contributed by atoms with Gasteiger partial charge in [-0.3, -0.25) is 9.59 Å². The van der Waals surface area contributed by atoms with Crippen LogP contribution in [0.5, 0.6) is 0 Å². The number of benzene rings is 1. The second-order valence-electron chi connectivity index (χ2n) is 6.31. The van der Waals surface area contributed by atoms with E-state index in [1.807, 2.05) is 37.3 Å². The zero-order chi connectivity index (χ0) is 18.7. The largest absolute Gasteiger partial charge is 0.458 e. The van der Waals surface area contributed by atoms with Crippen LogP contribution in [0.2, 0.25) is 0 Å². The van der Waals surface area contributed by atoms with Gasteiger partial charge in [0.2, 0.25) is 4.96 Å². The highest BCUT2D eigenvalue weighted by Crippen LogP contribution is 2.28. The van der Waals surface area contributed by atoms with Gasteiger partial charge >= 0.3 is 5.97 Å². The molecule has 3 aromatic rings. The van der Waals surface area contributed by atoms with E-state index in [4.69, 9.17) is 4.74 Å². The van der Waals surface area contributed by atoms with Gasteiger partial charge < -0.3 is 4.74 Å². The molecule has 0 unspecified atom stereocenters. The molecular formula is C19H21N3O3S. The van der Waals surface area contributed by atoms with Gasteiger partial charge in [-0.1, -0.05) is 61.9 Å². The first-order valence-corrected chi connectivity index (χ1v) is 9.39. The summed E-state index contributed by atoms with van der Waals surface area (Å²) in [6.45, 7) is 5.90. The van der Waals surface area contributed by atoms with E-state index in [2.05, 4.69) is 17.0 Å². The van der Waals surface area contributed by atoms with Gasteiger partial charge in [0.15, 0.2) is 5.01 Å². The number of fused-ring (bicyclic) bond motifs is 1. The maximum atomic E-state index is 12.7. The fourth-order valence-electron chi connectivity index (χ4n) is 2.83. The molecule has 0 amide bonds. The van der Waals surface area contributed by atoms with Gasteiger partial charge in [0.25, 0.3) is 5.56 Å². The first-order valence-electron chi connectivity index (χ1n) is 8.57. The highest BCUT2D eigenvalue weighted by Gasteiger charge is 2.27. The minimum absolute atomic E-state index is 0.0329. The van der Waals surface area contributed by atoms with Crippen molar-refractivity contribution in [2.45, 2.75) is 39.7 Å². The molecule has 0 aliphatic rings. The maximum absolute atomic E-state index is 12.7. The molecule has 0 N–H and O–H groups in total. The number of esters is 1. The van der Waals surface area contributed by atoms with Crippen molar-refractivity contribution in [1.29, 1.82) is 0 Å². The van der Waals surface area contributed by atoms with Crippen LogP contribution in [0.3, 0.4) is 0 Å². The minimum atomic E-state index is -0.321. The van der Waals surface area contributed by atoms with E-state index in [1.54, 1.807) is 6.92 Å². The fourth-order valence-corrected chi connectivity index (χ4v) is 3.69. The predicted octanol–water partition coefficient (Wildman–Crippen LogP) is 3.33. The molecule has 0 saturated heterocycles. The van der Waals surface area contributed by atoms with Crippen LogP contribution in [0.1, 0.15) is 42.5 Å². The lowest BCUT2D eigenvalue weighted by Crippen LogP contribution is -2.22. The molecule has 0 saturated carbocycles. The fraction of sp³-hybridized carbons (Fsp3) is 0.368. The number of carbonyl (C=O) groups is 1. The zero-order valence-electron chi connectivity index (χ0n) is 15.0. The summed E-state index contributed by atoms with van der Waals surface area (Å²) in [7, 11) is 0. The Morgan fingerprint density at radius 3 is 2.73 bits per heavy atom. The van der Waals surface area contributed by atoms with Crippen molar-refractivity contribution >= 4 is 22.3 Å². The van der Waals surface area contributed by atoms with Gasteiger partial charge in [0.05, 0.1) is 5.92 Å². The predicted molar refractivity (Wildman–Crippen MR) is 100 cm³/mol. The number of aromatic nitrogens is 3. The van der Waals surface area contributed by atoms with Crippen LogP contribution in [-0.2, 0) is 16.1 Å². The van der Waals surface area contributed by atoms with Crippen molar-refractivity contribution < 1.29 is 9.53 Å². The van der Waals surface area contributed by atoms with Gasteiger partial charge in [-0.2, -0.15) is 9.61 Å². The Morgan fingerprint density at radius 2 is 2.04 bits per heavy atom. The van der Waals surface area contributed by atoms with E-state index >= 15 is 0 Å². The summed E-state index contributed by atoms with van der Waals surface area (Å²) < 4.78 is 6.77. The molecule has 0 radical (unpaired) electrons. The van der Waals surface area contributed by atoms with Gasteiger partial charge in [0.1, 0.15) is 6.61 Å². The Balaban J connectivity index is 1.78. The lowest BCUT2D eigenvalue weighted by atomic mass is 9.86. The molecule has 0 aliphatic heterocycles. The lowest BCUT2D eigenvalue weighted by Gasteiger charge is -2.21. The number of rotatable bonds is 6. The molecule has 136 valence electrons. The minimum Gasteiger partial charge on any atom is -0.458 e. The van der Waals surface area contributed by atoms with Gasteiger partial charge in [0, 0.05) is 11.8 Å². The summed E-state index contributed by atoms with van der Waals surface area (Å²) in [5, 5.41) is 4.75. The number of nitrogens with zero attached hydrogens (tertiary/aromatic N) is 3. The van der Waals surface area contributed by atoms with Crippen LogP contribution < -0.4 is 5.56 Å². The van der Waals surface area contributed by atoms with E-state index in [-0.39, 0.29) is 30.0 Å². The highest BCUT2D eigenvalue weighted by molar-refractivity contribution is 7.16. The van der Waals surface area contributed by atoms with Crippen molar-refractivity contribution in [1.82, 2.24) is 14.6 Å². The van der Waals surface area contributed by atoms with Gasteiger partial charge in [-0.15, -0.1) is 0 Å². The molecule has 3 rings (SSSR count). The summed E-state index contributed by atoms with van der Waals surface area (Å²) in [5.74, 6) is -0.438. The smallest absolute Gasteiger partial charge is 0.314 e. The van der Waals surface area contributed by atoms with Crippen molar-refractivity contribution in [3.63, 3.8) is 0 Å². The van der Waals surface area contributed by atoms with Crippen LogP contribution in [-0.4, -0.2) is 20.6 Å². The first kappa shape index (κ1) is 18.3. The molecule has 26 heavy (non-hydrogen) atoms. The average Bonchev–Trinajstić information content (AvgIpc) is 3.04. The first-order chi connectivity index (χ1) is 12.5. The number of carbonyl (C=O) groups excluding carboxylic acids is 1. The van der Waals surface area contributed by atoms with Crippen molar-refractivity contribution in [2.75, 3.05) is 0 Å². The molecule has 0 fully saturated rings. The third kappa shape index (κ3) is 3.83. The van der Waals surface area contributed by atoms with Crippen molar-refractivity contribution in [2.24, 2.45) is 5.92 Å². The molecule has 6 nitrogen and oxygen atoms in total. The van der Waals surface area contributed by atoms with E-state index < -0.39 is 0 Å². The van der Waals surface area contributed by atoms with Crippen LogP contribution in [0.4, 0.5) is 0 Å². The summed E-state index contributed by atoms with van der Waals surface area (Å²) in [4.78, 5) is 29.4. The lowest BCUT2D eigenvalue weighted by molar-refractivity contribution is -0.148. The van der Waals surface area contributed by atoms with Crippen LogP contribution in [0.15, 0.2) is 41.2 Å². The Labute approximate surface area is 155 Å². The van der Waals surface area contributed by atoms with Gasteiger partial charge in [-0.25, -0.2) is 4.98 Å². The van der Waals surface area contributed by atoms with Crippen LogP contribution in [0, 0.1) is 12.8 Å². The second kappa shape index (κ2) is 7.78. The summed E-state index contributed by atoms with van der Waals surface area (Å²) in [6.07, 6.45) is 0.869. The molecule has 0 spiro atoms. The number of hydrogen-bond acceptors (Lipinski definition) is 6. The van der Waals surface area contributed by atoms with Crippen molar-refractivity contribution in [3.05, 3.63) is 63.0 Å². The molecule has 0 bridgehead atoms. The van der Waals surface area contributed by atoms with Crippen LogP contribution in [0.25, 0.3) is 4.96 Å². The van der Waals surface area contributed by atoms with E-state index in [0.717, 1.165) is 12.0 Å². The Morgan fingerprint density at radius 1 is 1.31 bits per heavy atom. The maximum Gasteiger partial charge on any atom is 0.314 e. The Hall–Kier alpha value is -2.54. The third-order valence-electron chi connectivity index (χ3n) is 4.38. The van der Waals surface area contributed by atoms with E-state index in [9.17, 15) is 9.59 Å². The number of hydrogen-bond donors (Lipinski definition) is 0. The molecule has 2 heterocycles. The molecular weight excluding hydrogens is 350 g/mol. The number of ether oxygens (including phenoxy) is 1. The monoisotopic (exact) mass is 371 g/mol. The summed E-state index contributed by atoms with van der Waals surface area (Å²) in [6, 6.07) is 11.1. The normalized spacial score (nSPS) is 13.5. The summed E-state index contributed by atoms with van der Waals surface area (Å²) >= 11 is 1.25. The molecule has 1 aromatic carbocycles. The summed E-state index contributed by atoms with van der Waals surface area (Å²) in [5.41, 5.74) is 1.36. The average molecular weight is 371 g/mol. The van der Waals surface area contributed by atoms with Crippen molar-refractivity contribution in [3.8, 4) is 0 Å². The van der Waals surface area contributed by atoms with Crippen LogP contribution >= 0.6 is 11.3 Å². The van der Waals surface area contributed by atoms with E-state index in [1.165, 1.54) is 21.9 Å². The molecule has 2 aromatic heterocycles. The molecule has 2 atom stereocenters. The SMILES string of the molecule is CC[C@@H](C)[C@@H](C(=O)OCc1nn2c(=O)cc(C)nc2s1)c1ccccc1. The Kier molecular flexibility index (Phi) is 5.46. The molecule has 7 heteroatoms. The third-order valence-corrected chi connectivity index (χ3v) is 5.26. The standard InChI is InChI=1S/C19H21N3O3S/c1-4-12(2)17(14-8-6-5-7-9-14)18(24)25-11-15-21-22-16(23)10-13(3)20-19(22)26-15/h5-10,12,17H,4,11H2,1-3H3/t12-,17-/m1/s1. The van der Waals surface area contributed by atoms with E-state index in [0.29, 0.717) is 15.7 Å². The number of aryl methyl sites for hydroxylation is 1. The highest BCUT2D eigenvalue weighted by atomic mass is 32.1. The Bertz CT molecular complexity index is 965. The second-order valence-corrected chi connectivity index (χ2v) is 7.35. The molecule has 0 aliphatic carbocycles. The quantitative estimate of drug-likeness (QED) is 0.622. The van der Waals surface area contributed by atoms with Gasteiger partial charge in [-0.05, 0) is 18.4 Å².